The number of aliphatic hydroxyl groups excluding tert-OH is 2. The second kappa shape index (κ2) is 12.8. The molecular weight excluding hydrogens is 527 g/mol. The van der Waals surface area contributed by atoms with Crippen molar-refractivity contribution in [1.82, 2.24) is 9.88 Å². The molecule has 1 aliphatic rings. The number of carboxylic acid groups (broad SMARTS) is 1. The standard InChI is InChI=1S/C29H34F3N3O5/c1-40-20-2-3-23-21(14-20)27(18(17-36)16-34-23)25(37)4-5-29(15-26(38)39)6-9-35(10-7-29)11-8-33-24-13-19(30)12-22(31)28(24)32/h2-3,12-14,16,25,33,36-37H,4-11,15,17H2,1H3,(H,38,39)/t25-/m1/s1. The van der Waals surface area contributed by atoms with Gasteiger partial charge in [-0.15, -0.1) is 0 Å². The van der Waals surface area contributed by atoms with Gasteiger partial charge >= 0.3 is 5.97 Å². The number of pyridine rings is 1. The molecule has 0 unspecified atom stereocenters. The summed E-state index contributed by atoms with van der Waals surface area (Å²) in [4.78, 5) is 18.2. The molecule has 4 rings (SSSR count). The SMILES string of the molecule is COc1ccc2ncc(CO)c([C@H](O)CCC3(CC(=O)O)CCN(CCNc4cc(F)cc(F)c4F)CC3)c2c1. The summed E-state index contributed by atoms with van der Waals surface area (Å²) in [6.45, 7) is 1.60. The van der Waals surface area contributed by atoms with E-state index in [1.54, 1.807) is 18.2 Å². The molecule has 1 fully saturated rings. The highest BCUT2D eigenvalue weighted by Gasteiger charge is 2.37. The van der Waals surface area contributed by atoms with Crippen LogP contribution in [0.2, 0.25) is 0 Å². The molecule has 2 heterocycles. The summed E-state index contributed by atoms with van der Waals surface area (Å²) in [6.07, 6.45) is 2.45. The summed E-state index contributed by atoms with van der Waals surface area (Å²) >= 11 is 0. The fourth-order valence-corrected chi connectivity index (χ4v) is 5.59. The average Bonchev–Trinajstić information content (AvgIpc) is 2.94. The first kappa shape index (κ1) is 29.6. The number of carboxylic acids is 1. The van der Waals surface area contributed by atoms with Gasteiger partial charge in [0.2, 0.25) is 0 Å². The van der Waals surface area contributed by atoms with Crippen molar-refractivity contribution >= 4 is 22.6 Å². The molecule has 0 amide bonds. The van der Waals surface area contributed by atoms with Crippen LogP contribution in [0.15, 0.2) is 36.5 Å². The molecule has 3 aromatic rings. The number of hydrogen-bond donors (Lipinski definition) is 4. The number of fused-ring (bicyclic) bond motifs is 1. The first-order valence-corrected chi connectivity index (χ1v) is 13.2. The van der Waals surface area contributed by atoms with Crippen LogP contribution in [0.4, 0.5) is 18.9 Å². The Labute approximate surface area is 230 Å². The first-order valence-electron chi connectivity index (χ1n) is 13.2. The lowest BCUT2D eigenvalue weighted by Crippen LogP contribution is -2.43. The largest absolute Gasteiger partial charge is 0.497 e. The Morgan fingerprint density at radius 3 is 2.62 bits per heavy atom. The average molecular weight is 562 g/mol. The van der Waals surface area contributed by atoms with Crippen molar-refractivity contribution in [2.24, 2.45) is 5.41 Å². The number of halogens is 3. The smallest absolute Gasteiger partial charge is 0.303 e. The Balaban J connectivity index is 1.41. The Hall–Kier alpha value is -3.41. The number of benzene rings is 2. The fraction of sp³-hybridized carbons (Fsp3) is 0.448. The number of rotatable bonds is 12. The number of anilines is 1. The molecule has 2 aromatic carbocycles. The van der Waals surface area contributed by atoms with Crippen molar-refractivity contribution in [1.29, 1.82) is 0 Å². The van der Waals surface area contributed by atoms with Crippen LogP contribution < -0.4 is 10.1 Å². The topological polar surface area (TPSA) is 115 Å². The number of aromatic nitrogens is 1. The minimum Gasteiger partial charge on any atom is -0.497 e. The van der Waals surface area contributed by atoms with Gasteiger partial charge in [0.15, 0.2) is 11.6 Å². The minimum atomic E-state index is -1.26. The molecule has 8 nitrogen and oxygen atoms in total. The molecule has 0 saturated carbocycles. The molecular formula is C29H34F3N3O5. The van der Waals surface area contributed by atoms with Gasteiger partial charge < -0.3 is 30.3 Å². The van der Waals surface area contributed by atoms with Crippen molar-refractivity contribution in [3.63, 3.8) is 0 Å². The lowest BCUT2D eigenvalue weighted by Gasteiger charge is -2.41. The molecule has 11 heteroatoms. The molecule has 1 atom stereocenters. The minimum absolute atomic E-state index is 0.0443. The normalized spacial score (nSPS) is 16.1. The number of aliphatic carboxylic acids is 1. The summed E-state index contributed by atoms with van der Waals surface area (Å²) in [5, 5.41) is 34.3. The van der Waals surface area contributed by atoms with Gasteiger partial charge in [0.25, 0.3) is 0 Å². The molecule has 1 aromatic heterocycles. The monoisotopic (exact) mass is 561 g/mol. The molecule has 0 aliphatic carbocycles. The van der Waals surface area contributed by atoms with Gasteiger partial charge in [0.05, 0.1) is 37.4 Å². The lowest BCUT2D eigenvalue weighted by atomic mass is 9.71. The molecule has 216 valence electrons. The Morgan fingerprint density at radius 1 is 1.20 bits per heavy atom. The van der Waals surface area contributed by atoms with Crippen molar-refractivity contribution < 1.29 is 38.0 Å². The fourth-order valence-electron chi connectivity index (χ4n) is 5.59. The predicted octanol–water partition coefficient (Wildman–Crippen LogP) is 4.64. The van der Waals surface area contributed by atoms with Crippen LogP contribution in [0.3, 0.4) is 0 Å². The van der Waals surface area contributed by atoms with Crippen LogP contribution in [0, 0.1) is 22.9 Å². The van der Waals surface area contributed by atoms with E-state index in [4.69, 9.17) is 4.74 Å². The zero-order valence-corrected chi connectivity index (χ0v) is 22.3. The van der Waals surface area contributed by atoms with Gasteiger partial charge in [0.1, 0.15) is 11.6 Å². The Morgan fingerprint density at radius 2 is 1.95 bits per heavy atom. The molecule has 0 bridgehead atoms. The number of aliphatic hydroxyl groups is 2. The van der Waals surface area contributed by atoms with Crippen molar-refractivity contribution in [3.05, 3.63) is 65.1 Å². The van der Waals surface area contributed by atoms with Gasteiger partial charge in [-0.1, -0.05) is 0 Å². The molecule has 4 N–H and O–H groups in total. The van der Waals surface area contributed by atoms with Crippen molar-refractivity contribution in [2.75, 3.05) is 38.6 Å². The van der Waals surface area contributed by atoms with E-state index >= 15 is 0 Å². The van der Waals surface area contributed by atoms with E-state index in [9.17, 15) is 33.3 Å². The van der Waals surface area contributed by atoms with Crippen LogP contribution in [0.1, 0.15) is 49.3 Å². The summed E-state index contributed by atoms with van der Waals surface area (Å²) in [5.41, 5.74) is 0.926. The molecule has 40 heavy (non-hydrogen) atoms. The van der Waals surface area contributed by atoms with Gasteiger partial charge in [-0.25, -0.2) is 13.2 Å². The number of piperidine rings is 1. The van der Waals surface area contributed by atoms with E-state index in [2.05, 4.69) is 15.2 Å². The summed E-state index contributed by atoms with van der Waals surface area (Å²) < 4.78 is 46.1. The second-order valence-electron chi connectivity index (χ2n) is 10.4. The number of hydrogen-bond acceptors (Lipinski definition) is 7. The quantitative estimate of drug-likeness (QED) is 0.237. The van der Waals surface area contributed by atoms with E-state index in [1.165, 1.54) is 13.3 Å². The van der Waals surface area contributed by atoms with Crippen LogP contribution in [0.25, 0.3) is 10.9 Å². The summed E-state index contributed by atoms with van der Waals surface area (Å²) in [7, 11) is 1.54. The van der Waals surface area contributed by atoms with Gasteiger partial charge in [-0.05, 0) is 68.0 Å². The van der Waals surface area contributed by atoms with Crippen molar-refractivity contribution in [2.45, 2.75) is 44.8 Å². The number of ether oxygens (including phenoxy) is 1. The number of nitrogens with one attached hydrogen (secondary N) is 1. The third-order valence-electron chi connectivity index (χ3n) is 7.83. The molecule has 0 radical (unpaired) electrons. The van der Waals surface area contributed by atoms with Crippen LogP contribution in [0.5, 0.6) is 5.75 Å². The van der Waals surface area contributed by atoms with Gasteiger partial charge in [-0.2, -0.15) is 0 Å². The van der Waals surface area contributed by atoms with E-state index in [0.29, 0.717) is 79.2 Å². The van der Waals surface area contributed by atoms with E-state index in [0.717, 1.165) is 6.07 Å². The predicted molar refractivity (Wildman–Crippen MR) is 144 cm³/mol. The second-order valence-corrected chi connectivity index (χ2v) is 10.4. The Bertz CT molecular complexity index is 1340. The van der Waals surface area contributed by atoms with Gasteiger partial charge in [-0.3, -0.25) is 9.78 Å². The highest BCUT2D eigenvalue weighted by Crippen LogP contribution is 2.42. The maximum Gasteiger partial charge on any atom is 0.303 e. The highest BCUT2D eigenvalue weighted by molar-refractivity contribution is 5.85. The number of likely N-dealkylation sites (tertiary alicyclic amines) is 1. The van der Waals surface area contributed by atoms with E-state index in [1.807, 2.05) is 0 Å². The number of nitrogens with zero attached hydrogens (tertiary/aromatic N) is 2. The van der Waals surface area contributed by atoms with E-state index in [-0.39, 0.29) is 25.3 Å². The summed E-state index contributed by atoms with van der Waals surface area (Å²) in [6, 6.07) is 6.71. The van der Waals surface area contributed by atoms with E-state index < -0.39 is 34.9 Å². The maximum absolute atomic E-state index is 13.9. The van der Waals surface area contributed by atoms with Crippen molar-refractivity contribution in [3.8, 4) is 5.75 Å². The Kier molecular flexibility index (Phi) is 9.49. The van der Waals surface area contributed by atoms with Crippen LogP contribution in [-0.2, 0) is 11.4 Å². The maximum atomic E-state index is 13.9. The summed E-state index contributed by atoms with van der Waals surface area (Å²) in [5.74, 6) is -3.59. The third kappa shape index (κ3) is 6.83. The molecule has 1 aliphatic heterocycles. The number of methoxy groups -OCH3 is 1. The molecule has 0 spiro atoms. The van der Waals surface area contributed by atoms with Gasteiger partial charge in [0, 0.05) is 42.4 Å². The van der Waals surface area contributed by atoms with Crippen LogP contribution in [-0.4, -0.2) is 64.5 Å². The molecule has 1 saturated heterocycles. The third-order valence-corrected chi connectivity index (χ3v) is 7.83. The van der Waals surface area contributed by atoms with Crippen LogP contribution >= 0.6 is 0 Å². The highest BCUT2D eigenvalue weighted by atomic mass is 19.2. The zero-order chi connectivity index (χ0) is 28.9. The lowest BCUT2D eigenvalue weighted by molar-refractivity contribution is -0.141. The first-order chi connectivity index (χ1) is 19.1. The number of carbonyl (C=O) groups is 1. The zero-order valence-electron chi connectivity index (χ0n) is 22.3.